The molecular weight excluding hydrogens is 439 g/mol. The highest BCUT2D eigenvalue weighted by Crippen LogP contribution is 2.39. The third-order valence-corrected chi connectivity index (χ3v) is 5.61. The molecule has 0 atom stereocenters. The zero-order valence-electron chi connectivity index (χ0n) is 18.3. The molecule has 0 spiro atoms. The lowest BCUT2D eigenvalue weighted by Gasteiger charge is -2.12. The molecule has 2 aromatic heterocycles. The highest BCUT2D eigenvalue weighted by Gasteiger charge is 2.36. The molecule has 5 aromatic rings. The molecule has 0 amide bonds. The SMILES string of the molecule is COc1ccccc1-c1c(Cc2ccccc2)nn2c(C(F)(F)F)cc(-c3ccccc3)nc12. The van der Waals surface area contributed by atoms with Crippen molar-refractivity contribution in [3.8, 4) is 28.1 Å². The molecule has 0 saturated heterocycles. The van der Waals surface area contributed by atoms with Crippen molar-refractivity contribution in [3.63, 3.8) is 0 Å². The van der Waals surface area contributed by atoms with E-state index >= 15 is 0 Å². The summed E-state index contributed by atoms with van der Waals surface area (Å²) in [6.45, 7) is 0. The van der Waals surface area contributed by atoms with Gasteiger partial charge in [-0.1, -0.05) is 78.9 Å². The molecule has 0 saturated carbocycles. The van der Waals surface area contributed by atoms with Crippen molar-refractivity contribution < 1.29 is 17.9 Å². The quantitative estimate of drug-likeness (QED) is 0.294. The standard InChI is InChI=1S/C27H20F3N3O/c1-34-23-15-9-8-14-20(23)25-22(16-18-10-4-2-5-11-18)32-33-24(27(28,29)30)17-21(31-26(25)33)19-12-6-3-7-13-19/h2-15,17H,16H2,1H3. The van der Waals surface area contributed by atoms with Crippen LogP contribution in [0.3, 0.4) is 0 Å². The van der Waals surface area contributed by atoms with Crippen molar-refractivity contribution in [2.75, 3.05) is 7.11 Å². The van der Waals surface area contributed by atoms with Gasteiger partial charge in [0.15, 0.2) is 11.3 Å². The van der Waals surface area contributed by atoms with Crippen LogP contribution in [0.15, 0.2) is 91.0 Å². The molecule has 7 heteroatoms. The number of nitrogens with zero attached hydrogens (tertiary/aromatic N) is 3. The highest BCUT2D eigenvalue weighted by molar-refractivity contribution is 5.85. The van der Waals surface area contributed by atoms with Crippen molar-refractivity contribution in [1.29, 1.82) is 0 Å². The molecule has 4 nitrogen and oxygen atoms in total. The first kappa shape index (κ1) is 21.7. The van der Waals surface area contributed by atoms with Gasteiger partial charge in [-0.05, 0) is 17.7 Å². The molecule has 2 heterocycles. The number of fused-ring (bicyclic) bond motifs is 1. The fourth-order valence-corrected chi connectivity index (χ4v) is 4.06. The maximum Gasteiger partial charge on any atom is 0.433 e. The van der Waals surface area contributed by atoms with Gasteiger partial charge in [0.05, 0.1) is 24.1 Å². The summed E-state index contributed by atoms with van der Waals surface area (Å²) in [6.07, 6.45) is -4.28. The summed E-state index contributed by atoms with van der Waals surface area (Å²) in [6, 6.07) is 26.6. The van der Waals surface area contributed by atoms with Gasteiger partial charge in [0.1, 0.15) is 5.75 Å². The van der Waals surface area contributed by atoms with Crippen molar-refractivity contribution in [2.45, 2.75) is 12.6 Å². The lowest BCUT2D eigenvalue weighted by Crippen LogP contribution is -2.14. The van der Waals surface area contributed by atoms with Gasteiger partial charge in [-0.25, -0.2) is 9.50 Å². The lowest BCUT2D eigenvalue weighted by molar-refractivity contribution is -0.142. The van der Waals surface area contributed by atoms with Crippen LogP contribution in [0.2, 0.25) is 0 Å². The number of rotatable bonds is 5. The maximum absolute atomic E-state index is 14.2. The molecule has 0 bridgehead atoms. The Morgan fingerprint density at radius 3 is 2.18 bits per heavy atom. The number of para-hydroxylation sites is 1. The first-order valence-electron chi connectivity index (χ1n) is 10.7. The molecule has 0 radical (unpaired) electrons. The highest BCUT2D eigenvalue weighted by atomic mass is 19.4. The van der Waals surface area contributed by atoms with Crippen LogP contribution < -0.4 is 4.74 Å². The first-order chi connectivity index (χ1) is 16.5. The van der Waals surface area contributed by atoms with Crippen LogP contribution in [0.5, 0.6) is 5.75 Å². The number of alkyl halides is 3. The predicted molar refractivity (Wildman–Crippen MR) is 125 cm³/mol. The van der Waals surface area contributed by atoms with Crippen LogP contribution in [0.4, 0.5) is 13.2 Å². The van der Waals surface area contributed by atoms with Gasteiger partial charge in [-0.3, -0.25) is 0 Å². The van der Waals surface area contributed by atoms with Crippen LogP contribution in [0.25, 0.3) is 28.0 Å². The Balaban J connectivity index is 1.86. The molecule has 3 aromatic carbocycles. The Hall–Kier alpha value is -4.13. The van der Waals surface area contributed by atoms with E-state index in [-0.39, 0.29) is 11.3 Å². The normalized spacial score (nSPS) is 11.6. The van der Waals surface area contributed by atoms with Crippen LogP contribution >= 0.6 is 0 Å². The van der Waals surface area contributed by atoms with Crippen LogP contribution in [-0.4, -0.2) is 21.7 Å². The summed E-state index contributed by atoms with van der Waals surface area (Å²) >= 11 is 0. The Morgan fingerprint density at radius 2 is 1.50 bits per heavy atom. The average molecular weight is 459 g/mol. The summed E-state index contributed by atoms with van der Waals surface area (Å²) in [5, 5.41) is 4.44. The van der Waals surface area contributed by atoms with Gasteiger partial charge in [0, 0.05) is 17.5 Å². The number of methoxy groups -OCH3 is 1. The molecule has 0 aliphatic rings. The summed E-state index contributed by atoms with van der Waals surface area (Å²) in [5.74, 6) is 0.534. The van der Waals surface area contributed by atoms with E-state index in [2.05, 4.69) is 10.1 Å². The van der Waals surface area contributed by atoms with Crippen molar-refractivity contribution in [3.05, 3.63) is 108 Å². The van der Waals surface area contributed by atoms with Crippen LogP contribution in [0, 0.1) is 0 Å². The summed E-state index contributed by atoms with van der Waals surface area (Å²) in [7, 11) is 1.53. The van der Waals surface area contributed by atoms with E-state index in [1.807, 2.05) is 54.6 Å². The molecule has 5 rings (SSSR count). The Kier molecular flexibility index (Phi) is 5.53. The van der Waals surface area contributed by atoms with E-state index in [0.29, 0.717) is 34.6 Å². The summed E-state index contributed by atoms with van der Waals surface area (Å²) in [5.41, 5.74) is 2.63. The topological polar surface area (TPSA) is 39.4 Å². The van der Waals surface area contributed by atoms with Gasteiger partial charge in [-0.15, -0.1) is 0 Å². The van der Waals surface area contributed by atoms with Crippen molar-refractivity contribution >= 4 is 5.65 Å². The van der Waals surface area contributed by atoms with Crippen molar-refractivity contribution in [2.24, 2.45) is 0 Å². The smallest absolute Gasteiger partial charge is 0.433 e. The number of halogens is 3. The maximum atomic E-state index is 14.2. The number of hydrogen-bond donors (Lipinski definition) is 0. The van der Waals surface area contributed by atoms with E-state index < -0.39 is 11.9 Å². The first-order valence-corrected chi connectivity index (χ1v) is 10.7. The molecule has 34 heavy (non-hydrogen) atoms. The number of ether oxygens (including phenoxy) is 1. The molecular formula is C27H20F3N3O. The largest absolute Gasteiger partial charge is 0.496 e. The molecule has 0 unspecified atom stereocenters. The zero-order valence-corrected chi connectivity index (χ0v) is 18.3. The second-order valence-corrected chi connectivity index (χ2v) is 7.81. The zero-order chi connectivity index (χ0) is 23.7. The van der Waals surface area contributed by atoms with Crippen LogP contribution in [-0.2, 0) is 12.6 Å². The minimum Gasteiger partial charge on any atom is -0.496 e. The monoisotopic (exact) mass is 459 g/mol. The fraction of sp³-hybridized carbons (Fsp3) is 0.111. The molecule has 0 fully saturated rings. The summed E-state index contributed by atoms with van der Waals surface area (Å²) in [4.78, 5) is 4.68. The Morgan fingerprint density at radius 1 is 0.853 bits per heavy atom. The molecule has 170 valence electrons. The fourth-order valence-electron chi connectivity index (χ4n) is 4.06. The van der Waals surface area contributed by atoms with E-state index in [1.54, 1.807) is 30.3 Å². The van der Waals surface area contributed by atoms with Gasteiger partial charge in [0.25, 0.3) is 0 Å². The van der Waals surface area contributed by atoms with E-state index in [4.69, 9.17) is 4.74 Å². The number of benzene rings is 3. The van der Waals surface area contributed by atoms with E-state index in [0.717, 1.165) is 16.1 Å². The third kappa shape index (κ3) is 4.01. The van der Waals surface area contributed by atoms with E-state index in [9.17, 15) is 13.2 Å². The summed E-state index contributed by atoms with van der Waals surface area (Å²) < 4.78 is 49.1. The predicted octanol–water partition coefficient (Wildman–Crippen LogP) is 6.68. The van der Waals surface area contributed by atoms with Gasteiger partial charge >= 0.3 is 6.18 Å². The van der Waals surface area contributed by atoms with Crippen LogP contribution in [0.1, 0.15) is 17.0 Å². The Bertz CT molecular complexity index is 1450. The average Bonchev–Trinajstić information content (AvgIpc) is 3.21. The lowest BCUT2D eigenvalue weighted by atomic mass is 10.00. The molecule has 0 N–H and O–H groups in total. The van der Waals surface area contributed by atoms with Crippen molar-refractivity contribution in [1.82, 2.24) is 14.6 Å². The second kappa shape index (κ2) is 8.67. The molecule has 0 aliphatic carbocycles. The third-order valence-electron chi connectivity index (χ3n) is 5.61. The number of hydrogen-bond acceptors (Lipinski definition) is 3. The minimum atomic E-state index is -4.63. The minimum absolute atomic E-state index is 0.129. The van der Waals surface area contributed by atoms with Gasteiger partial charge in [-0.2, -0.15) is 18.3 Å². The Labute approximate surface area is 194 Å². The van der Waals surface area contributed by atoms with E-state index in [1.165, 1.54) is 7.11 Å². The van der Waals surface area contributed by atoms with Gasteiger partial charge in [0.2, 0.25) is 0 Å². The van der Waals surface area contributed by atoms with Gasteiger partial charge < -0.3 is 4.74 Å². The number of aromatic nitrogens is 3. The molecule has 0 aliphatic heterocycles. The second-order valence-electron chi connectivity index (χ2n) is 7.81.